The van der Waals surface area contributed by atoms with E-state index in [2.05, 4.69) is 0 Å². The third-order valence-corrected chi connectivity index (χ3v) is 5.88. The van der Waals surface area contributed by atoms with Gasteiger partial charge in [-0.1, -0.05) is 54.1 Å². The monoisotopic (exact) mass is 500 g/mol. The van der Waals surface area contributed by atoms with Crippen LogP contribution in [0.5, 0.6) is 17.2 Å². The lowest BCUT2D eigenvalue weighted by Crippen LogP contribution is -2.03. The van der Waals surface area contributed by atoms with E-state index in [0.717, 1.165) is 11.1 Å². The van der Waals surface area contributed by atoms with Crippen LogP contribution in [0.25, 0.3) is 0 Å². The first-order chi connectivity index (χ1) is 17.4. The van der Waals surface area contributed by atoms with Crippen LogP contribution in [0.3, 0.4) is 0 Å². The zero-order valence-corrected chi connectivity index (χ0v) is 20.5. The lowest BCUT2D eigenvalue weighted by Gasteiger charge is -2.13. The summed E-state index contributed by atoms with van der Waals surface area (Å²) < 4.78 is 12.2. The molecule has 1 N–H and O–H groups in total. The van der Waals surface area contributed by atoms with Crippen LogP contribution in [0.2, 0.25) is 5.02 Å². The van der Waals surface area contributed by atoms with E-state index >= 15 is 0 Å². The molecule has 5 nitrogen and oxygen atoms in total. The summed E-state index contributed by atoms with van der Waals surface area (Å²) in [4.78, 5) is 24.0. The lowest BCUT2D eigenvalue weighted by atomic mass is 10.0. The summed E-state index contributed by atoms with van der Waals surface area (Å²) in [6.07, 6.45) is 7.09. The standard InChI is InChI=1S/C30H25ClO5/c1-20-17-24(10-5-9-21(20)13-16-29(32)33)35-25-11-6-12-26(19-25)36-28-15-14-23(31)18-27(28)30(34)22-7-3-2-4-8-22/h2-4,6-12,14-15,17-19H,5,13,16H2,1H3,(H,32,33). The van der Waals surface area contributed by atoms with E-state index in [1.165, 1.54) is 0 Å². The number of rotatable bonds is 9. The molecule has 0 aromatic heterocycles. The Morgan fingerprint density at radius 3 is 2.42 bits per heavy atom. The van der Waals surface area contributed by atoms with Gasteiger partial charge in [-0.05, 0) is 73.4 Å². The summed E-state index contributed by atoms with van der Waals surface area (Å²) in [5, 5.41) is 9.42. The maximum Gasteiger partial charge on any atom is 0.303 e. The van der Waals surface area contributed by atoms with Crippen molar-refractivity contribution in [2.45, 2.75) is 26.2 Å². The number of hydrogen-bond acceptors (Lipinski definition) is 4. The number of carboxylic acids is 1. The van der Waals surface area contributed by atoms with Crippen LogP contribution < -0.4 is 9.47 Å². The van der Waals surface area contributed by atoms with E-state index in [-0.39, 0.29) is 12.2 Å². The molecule has 3 aromatic carbocycles. The maximum atomic E-state index is 13.1. The number of carbonyl (C=O) groups excluding carboxylic acids is 1. The summed E-state index contributed by atoms with van der Waals surface area (Å²) in [5.74, 6) is 1.13. The summed E-state index contributed by atoms with van der Waals surface area (Å²) in [7, 11) is 0. The molecular weight excluding hydrogens is 476 g/mol. The van der Waals surface area contributed by atoms with E-state index in [1.54, 1.807) is 42.5 Å². The van der Waals surface area contributed by atoms with Crippen molar-refractivity contribution in [2.75, 3.05) is 0 Å². The highest BCUT2D eigenvalue weighted by Crippen LogP contribution is 2.32. The second-order valence-electron chi connectivity index (χ2n) is 8.31. The Balaban J connectivity index is 1.51. The van der Waals surface area contributed by atoms with Gasteiger partial charge < -0.3 is 14.6 Å². The third kappa shape index (κ3) is 6.52. The van der Waals surface area contributed by atoms with Gasteiger partial charge in [0, 0.05) is 23.1 Å². The molecule has 0 radical (unpaired) electrons. The van der Waals surface area contributed by atoms with Gasteiger partial charge in [0.05, 0.1) is 5.56 Å². The number of ketones is 1. The highest BCUT2D eigenvalue weighted by atomic mass is 35.5. The van der Waals surface area contributed by atoms with Gasteiger partial charge in [-0.25, -0.2) is 0 Å². The van der Waals surface area contributed by atoms with E-state index in [1.807, 2.05) is 55.5 Å². The average Bonchev–Trinajstić information content (AvgIpc) is 3.04. The summed E-state index contributed by atoms with van der Waals surface area (Å²) >= 11 is 6.18. The normalized spacial score (nSPS) is 13.1. The van der Waals surface area contributed by atoms with Crippen LogP contribution in [-0.2, 0) is 4.79 Å². The topological polar surface area (TPSA) is 72.8 Å². The molecule has 0 amide bonds. The molecule has 0 aliphatic heterocycles. The molecular formula is C30H25ClO5. The van der Waals surface area contributed by atoms with Crippen molar-refractivity contribution in [3.05, 3.63) is 124 Å². The van der Waals surface area contributed by atoms with Crippen LogP contribution in [0.15, 0.2) is 108 Å². The Kier molecular flexibility index (Phi) is 8.03. The summed E-state index contributed by atoms with van der Waals surface area (Å²) in [6, 6.07) is 21.1. The molecule has 0 fully saturated rings. The predicted octanol–water partition coefficient (Wildman–Crippen LogP) is 7.77. The van der Waals surface area contributed by atoms with Gasteiger partial charge in [0.2, 0.25) is 0 Å². The Morgan fingerprint density at radius 1 is 0.917 bits per heavy atom. The van der Waals surface area contributed by atoms with Crippen molar-refractivity contribution in [1.82, 2.24) is 0 Å². The summed E-state index contributed by atoms with van der Waals surface area (Å²) in [5.41, 5.74) is 2.88. The molecule has 0 atom stereocenters. The zero-order chi connectivity index (χ0) is 25.5. The fourth-order valence-electron chi connectivity index (χ4n) is 3.83. The largest absolute Gasteiger partial charge is 0.481 e. The molecule has 3 aromatic rings. The average molecular weight is 501 g/mol. The van der Waals surface area contributed by atoms with E-state index in [9.17, 15) is 9.59 Å². The van der Waals surface area contributed by atoms with Crippen LogP contribution in [0.1, 0.15) is 42.1 Å². The third-order valence-electron chi connectivity index (χ3n) is 5.65. The Morgan fingerprint density at radius 2 is 1.67 bits per heavy atom. The number of carboxylic acid groups (broad SMARTS) is 1. The number of aliphatic carboxylic acids is 1. The fourth-order valence-corrected chi connectivity index (χ4v) is 4.01. The first kappa shape index (κ1) is 25.0. The molecule has 1 aliphatic carbocycles. The molecule has 0 spiro atoms. The van der Waals surface area contributed by atoms with Gasteiger partial charge in [-0.3, -0.25) is 9.59 Å². The first-order valence-corrected chi connectivity index (χ1v) is 11.9. The van der Waals surface area contributed by atoms with Crippen molar-refractivity contribution >= 4 is 23.4 Å². The van der Waals surface area contributed by atoms with Crippen molar-refractivity contribution in [2.24, 2.45) is 0 Å². The van der Waals surface area contributed by atoms with Crippen LogP contribution >= 0.6 is 11.6 Å². The molecule has 36 heavy (non-hydrogen) atoms. The van der Waals surface area contributed by atoms with Gasteiger partial charge in [-0.2, -0.15) is 0 Å². The quantitative estimate of drug-likeness (QED) is 0.304. The molecule has 0 saturated carbocycles. The molecule has 0 heterocycles. The number of hydrogen-bond donors (Lipinski definition) is 1. The van der Waals surface area contributed by atoms with Crippen molar-refractivity contribution < 1.29 is 24.2 Å². The van der Waals surface area contributed by atoms with Crippen molar-refractivity contribution in [3.63, 3.8) is 0 Å². The van der Waals surface area contributed by atoms with Crippen LogP contribution in [0.4, 0.5) is 0 Å². The van der Waals surface area contributed by atoms with E-state index in [0.29, 0.717) is 52.0 Å². The number of carbonyl (C=O) groups is 2. The number of halogens is 1. The predicted molar refractivity (Wildman–Crippen MR) is 140 cm³/mol. The van der Waals surface area contributed by atoms with E-state index < -0.39 is 5.97 Å². The lowest BCUT2D eigenvalue weighted by molar-refractivity contribution is -0.136. The molecule has 182 valence electrons. The SMILES string of the molecule is CC1=CC(Oc2cccc(Oc3ccc(Cl)cc3C(=O)c3ccccc3)c2)=CCC=C1CCC(=O)O. The summed E-state index contributed by atoms with van der Waals surface area (Å²) in [6.45, 7) is 1.95. The number of benzene rings is 3. The fraction of sp³-hybridized carbons (Fsp3) is 0.133. The first-order valence-electron chi connectivity index (χ1n) is 11.5. The Hall–Kier alpha value is -4.09. The van der Waals surface area contributed by atoms with Gasteiger partial charge in [0.15, 0.2) is 5.78 Å². The van der Waals surface area contributed by atoms with Gasteiger partial charge in [0.1, 0.15) is 23.0 Å². The number of ether oxygens (including phenoxy) is 2. The van der Waals surface area contributed by atoms with E-state index in [4.69, 9.17) is 26.2 Å². The molecule has 6 heteroatoms. The minimum Gasteiger partial charge on any atom is -0.481 e. The van der Waals surface area contributed by atoms with Crippen molar-refractivity contribution in [1.29, 1.82) is 0 Å². The van der Waals surface area contributed by atoms with Gasteiger partial charge in [0.25, 0.3) is 0 Å². The minimum atomic E-state index is -0.816. The van der Waals surface area contributed by atoms with Crippen molar-refractivity contribution in [3.8, 4) is 17.2 Å². The van der Waals surface area contributed by atoms with Gasteiger partial charge >= 0.3 is 5.97 Å². The molecule has 0 bridgehead atoms. The maximum absolute atomic E-state index is 13.1. The minimum absolute atomic E-state index is 0.0893. The van der Waals surface area contributed by atoms with Crippen LogP contribution in [-0.4, -0.2) is 16.9 Å². The Labute approximate surface area is 214 Å². The smallest absolute Gasteiger partial charge is 0.303 e. The number of allylic oxidation sites excluding steroid dienone is 5. The zero-order valence-electron chi connectivity index (χ0n) is 19.7. The molecule has 4 rings (SSSR count). The molecule has 0 saturated heterocycles. The highest BCUT2D eigenvalue weighted by Gasteiger charge is 2.16. The molecule has 0 unspecified atom stereocenters. The van der Waals surface area contributed by atoms with Crippen LogP contribution in [0, 0.1) is 0 Å². The van der Waals surface area contributed by atoms with Gasteiger partial charge in [-0.15, -0.1) is 0 Å². The second kappa shape index (κ2) is 11.6. The second-order valence-corrected chi connectivity index (χ2v) is 8.74. The Bertz CT molecular complexity index is 1370. The highest BCUT2D eigenvalue weighted by molar-refractivity contribution is 6.31. The molecule has 1 aliphatic rings.